The number of carbonyl (C=O) groups is 1. The first-order chi connectivity index (χ1) is 15.9. The molecule has 2 aliphatic rings. The Balaban J connectivity index is 1.90. The number of thioether (sulfide) groups is 1. The zero-order chi connectivity index (χ0) is 23.7. The van der Waals surface area contributed by atoms with Crippen molar-refractivity contribution in [1.82, 2.24) is 4.90 Å². The quantitative estimate of drug-likeness (QED) is 0.590. The van der Waals surface area contributed by atoms with Crippen molar-refractivity contribution in [1.29, 1.82) is 5.26 Å². The highest BCUT2D eigenvalue weighted by Crippen LogP contribution is 2.48. The Labute approximate surface area is 203 Å². The lowest BCUT2D eigenvalue weighted by Gasteiger charge is -2.36. The van der Waals surface area contributed by atoms with Gasteiger partial charge in [-0.3, -0.25) is 9.69 Å². The normalized spacial score (nSPS) is 17.4. The van der Waals surface area contributed by atoms with Crippen molar-refractivity contribution in [2.75, 3.05) is 19.5 Å². The number of fused-ring (bicyclic) bond motifs is 1. The van der Waals surface area contributed by atoms with Crippen LogP contribution in [0.3, 0.4) is 0 Å². The van der Waals surface area contributed by atoms with Gasteiger partial charge in [-0.25, -0.2) is 4.99 Å². The molecule has 0 aliphatic carbocycles. The van der Waals surface area contributed by atoms with Crippen LogP contribution in [-0.4, -0.2) is 30.2 Å². The summed E-state index contributed by atoms with van der Waals surface area (Å²) in [4.78, 5) is 20.2. The molecular weight excluding hydrogens is 506 g/mol. The van der Waals surface area contributed by atoms with E-state index in [-0.39, 0.29) is 11.7 Å². The number of nitriles is 1. The molecule has 2 aliphatic heterocycles. The average Bonchev–Trinajstić information content (AvgIpc) is 3.13. The maximum absolute atomic E-state index is 13.5. The Hall–Kier alpha value is -3.42. The standard InChI is InChI=1S/C23H20BrN5O3S/c1-12-19(22(30)28-13-7-5-4-6-8-13)20(29-21(26)18(11-25)33-23(29)27-12)14-9-15(24)17(32-3)10-16(14)31-2/h4-10,20H,26H2,1-3H3,(H,28,30)/t20-/m1/s1. The summed E-state index contributed by atoms with van der Waals surface area (Å²) in [6.45, 7) is 1.77. The summed E-state index contributed by atoms with van der Waals surface area (Å²) in [6, 6.07) is 14.2. The van der Waals surface area contributed by atoms with Crippen molar-refractivity contribution in [2.45, 2.75) is 13.0 Å². The molecule has 0 radical (unpaired) electrons. The zero-order valence-electron chi connectivity index (χ0n) is 18.0. The van der Waals surface area contributed by atoms with Crippen LogP contribution in [0.15, 0.2) is 73.9 Å². The van der Waals surface area contributed by atoms with Crippen LogP contribution in [0.5, 0.6) is 11.5 Å². The van der Waals surface area contributed by atoms with E-state index >= 15 is 0 Å². The smallest absolute Gasteiger partial charge is 0.255 e. The van der Waals surface area contributed by atoms with E-state index in [9.17, 15) is 10.1 Å². The highest BCUT2D eigenvalue weighted by Gasteiger charge is 2.43. The van der Waals surface area contributed by atoms with Gasteiger partial charge in [0.05, 0.1) is 36.0 Å². The minimum Gasteiger partial charge on any atom is -0.496 e. The number of amides is 1. The number of hydrogen-bond acceptors (Lipinski definition) is 8. The number of carbonyl (C=O) groups excluding carboxylic acids is 1. The van der Waals surface area contributed by atoms with Gasteiger partial charge < -0.3 is 20.5 Å². The number of methoxy groups -OCH3 is 2. The molecule has 0 fully saturated rings. The van der Waals surface area contributed by atoms with Gasteiger partial charge in [-0.1, -0.05) is 18.2 Å². The molecule has 4 rings (SSSR count). The van der Waals surface area contributed by atoms with Crippen LogP contribution in [0.25, 0.3) is 0 Å². The van der Waals surface area contributed by atoms with Gasteiger partial charge in [0, 0.05) is 17.3 Å². The predicted molar refractivity (Wildman–Crippen MR) is 131 cm³/mol. The van der Waals surface area contributed by atoms with Crippen LogP contribution < -0.4 is 20.5 Å². The molecule has 1 amide bonds. The van der Waals surface area contributed by atoms with Gasteiger partial charge in [0.2, 0.25) is 0 Å². The van der Waals surface area contributed by atoms with Crippen LogP contribution in [0, 0.1) is 11.3 Å². The Morgan fingerprint density at radius 1 is 1.24 bits per heavy atom. The molecule has 0 saturated heterocycles. The number of aliphatic imine (C=N–C) groups is 1. The molecule has 8 nitrogen and oxygen atoms in total. The van der Waals surface area contributed by atoms with Crippen molar-refractivity contribution in [3.63, 3.8) is 0 Å². The number of hydrogen-bond donors (Lipinski definition) is 2. The number of nitrogens with two attached hydrogens (primary N) is 1. The summed E-state index contributed by atoms with van der Waals surface area (Å²) in [5, 5.41) is 13.0. The van der Waals surface area contributed by atoms with Crippen LogP contribution in [0.2, 0.25) is 0 Å². The summed E-state index contributed by atoms with van der Waals surface area (Å²) in [6.07, 6.45) is 0. The van der Waals surface area contributed by atoms with Crippen LogP contribution in [0.4, 0.5) is 5.69 Å². The number of anilines is 1. The molecule has 2 aromatic carbocycles. The number of benzene rings is 2. The SMILES string of the molecule is COc1cc(OC)c([C@@H]2C(C(=O)Nc3ccccc3)=C(C)N=C3SC(C#N)=C(N)N32)cc1Br. The van der Waals surface area contributed by atoms with Crippen molar-refractivity contribution in [3.05, 3.63) is 74.5 Å². The van der Waals surface area contributed by atoms with Crippen LogP contribution in [-0.2, 0) is 4.79 Å². The first kappa shape index (κ1) is 22.8. The maximum atomic E-state index is 13.5. The molecule has 0 bridgehead atoms. The van der Waals surface area contributed by atoms with Gasteiger partial charge in [-0.2, -0.15) is 5.26 Å². The molecule has 0 aromatic heterocycles. The third-order valence-electron chi connectivity index (χ3n) is 5.25. The number of ether oxygens (including phenoxy) is 2. The summed E-state index contributed by atoms with van der Waals surface area (Å²) in [7, 11) is 3.10. The fourth-order valence-corrected chi connectivity index (χ4v) is 5.18. The lowest BCUT2D eigenvalue weighted by Crippen LogP contribution is -2.39. The Morgan fingerprint density at radius 2 is 1.94 bits per heavy atom. The number of nitrogens with one attached hydrogen (secondary N) is 1. The number of nitrogens with zero attached hydrogens (tertiary/aromatic N) is 3. The molecule has 168 valence electrons. The monoisotopic (exact) mass is 525 g/mol. The van der Waals surface area contributed by atoms with Crippen molar-refractivity contribution >= 4 is 44.5 Å². The molecule has 2 aromatic rings. The molecule has 10 heteroatoms. The van der Waals surface area contributed by atoms with E-state index in [0.29, 0.717) is 48.6 Å². The molecule has 3 N–H and O–H groups in total. The first-order valence-electron chi connectivity index (χ1n) is 9.83. The molecule has 33 heavy (non-hydrogen) atoms. The third-order valence-corrected chi connectivity index (χ3v) is 6.85. The van der Waals surface area contributed by atoms with Crippen molar-refractivity contribution < 1.29 is 14.3 Å². The predicted octanol–water partition coefficient (Wildman–Crippen LogP) is 4.49. The van der Waals surface area contributed by atoms with Crippen LogP contribution in [0.1, 0.15) is 18.5 Å². The molecule has 0 unspecified atom stereocenters. The number of para-hydroxylation sites is 1. The number of allylic oxidation sites excluding steroid dienone is 2. The largest absolute Gasteiger partial charge is 0.496 e. The van der Waals surface area contributed by atoms with E-state index < -0.39 is 6.04 Å². The zero-order valence-corrected chi connectivity index (χ0v) is 20.5. The summed E-state index contributed by atoms with van der Waals surface area (Å²) < 4.78 is 11.8. The van der Waals surface area contributed by atoms with Gasteiger partial charge >= 0.3 is 0 Å². The van der Waals surface area contributed by atoms with Gasteiger partial charge in [0.15, 0.2) is 5.17 Å². The molecular formula is C23H20BrN5O3S. The fourth-order valence-electron chi connectivity index (χ4n) is 3.74. The summed E-state index contributed by atoms with van der Waals surface area (Å²) in [5.41, 5.74) is 8.59. The second-order valence-corrected chi connectivity index (χ2v) is 8.97. The van der Waals surface area contributed by atoms with E-state index in [2.05, 4.69) is 32.3 Å². The van der Waals surface area contributed by atoms with E-state index in [4.69, 9.17) is 15.2 Å². The average molecular weight is 526 g/mol. The highest BCUT2D eigenvalue weighted by molar-refractivity contribution is 9.10. The van der Waals surface area contributed by atoms with E-state index in [1.165, 1.54) is 11.8 Å². The Bertz CT molecular complexity index is 1270. The lowest BCUT2D eigenvalue weighted by atomic mass is 9.92. The number of halogens is 1. The van der Waals surface area contributed by atoms with Gasteiger partial charge in [0.25, 0.3) is 5.91 Å². The topological polar surface area (TPSA) is 113 Å². The minimum atomic E-state index is -0.684. The van der Waals surface area contributed by atoms with Crippen molar-refractivity contribution in [2.24, 2.45) is 10.7 Å². The molecule has 0 spiro atoms. The highest BCUT2D eigenvalue weighted by atomic mass is 79.9. The second-order valence-electron chi connectivity index (χ2n) is 7.14. The molecule has 2 heterocycles. The molecule has 1 atom stereocenters. The van der Waals surface area contributed by atoms with Gasteiger partial charge in [-0.15, -0.1) is 0 Å². The summed E-state index contributed by atoms with van der Waals surface area (Å²) in [5.74, 6) is 0.983. The fraction of sp³-hybridized carbons (Fsp3) is 0.174. The van der Waals surface area contributed by atoms with Gasteiger partial charge in [0.1, 0.15) is 28.3 Å². The van der Waals surface area contributed by atoms with Crippen LogP contribution >= 0.6 is 27.7 Å². The lowest BCUT2D eigenvalue weighted by molar-refractivity contribution is -0.113. The van der Waals surface area contributed by atoms with Crippen molar-refractivity contribution in [3.8, 4) is 17.6 Å². The maximum Gasteiger partial charge on any atom is 0.255 e. The van der Waals surface area contributed by atoms with E-state index in [1.54, 1.807) is 44.2 Å². The first-order valence-corrected chi connectivity index (χ1v) is 11.4. The Kier molecular flexibility index (Phi) is 6.35. The van der Waals surface area contributed by atoms with E-state index in [1.807, 2.05) is 24.3 Å². The number of rotatable bonds is 5. The van der Waals surface area contributed by atoms with E-state index in [0.717, 1.165) is 0 Å². The minimum absolute atomic E-state index is 0.234. The molecule has 0 saturated carbocycles. The van der Waals surface area contributed by atoms with Gasteiger partial charge in [-0.05, 0) is 52.8 Å². The third kappa shape index (κ3) is 4.05. The Morgan fingerprint density at radius 3 is 2.58 bits per heavy atom. The summed E-state index contributed by atoms with van der Waals surface area (Å²) >= 11 is 4.70. The second kappa shape index (κ2) is 9.21. The number of amidine groups is 1.